The van der Waals surface area contributed by atoms with Crippen LogP contribution in [0, 0.1) is 0 Å². The van der Waals surface area contributed by atoms with Gasteiger partial charge in [-0.2, -0.15) is 4.31 Å². The molecule has 6 nitrogen and oxygen atoms in total. The monoisotopic (exact) mass is 436 g/mol. The van der Waals surface area contributed by atoms with E-state index in [0.717, 1.165) is 31.2 Å². The van der Waals surface area contributed by atoms with Crippen molar-refractivity contribution in [3.8, 4) is 0 Å². The average molecular weight is 437 g/mol. The molecule has 29 heavy (non-hydrogen) atoms. The maximum atomic E-state index is 13.1. The second-order valence-corrected chi connectivity index (χ2v) is 11.0. The molecule has 0 radical (unpaired) electrons. The molecule has 1 N–H and O–H groups in total. The van der Waals surface area contributed by atoms with Crippen LogP contribution in [0.1, 0.15) is 44.1 Å². The van der Waals surface area contributed by atoms with E-state index in [2.05, 4.69) is 4.72 Å². The number of benzene rings is 2. The van der Waals surface area contributed by atoms with E-state index in [0.29, 0.717) is 19.6 Å². The van der Waals surface area contributed by atoms with Gasteiger partial charge < -0.3 is 0 Å². The van der Waals surface area contributed by atoms with Crippen LogP contribution in [0.5, 0.6) is 0 Å². The van der Waals surface area contributed by atoms with E-state index in [1.54, 1.807) is 0 Å². The Hall–Kier alpha value is -1.74. The quantitative estimate of drug-likeness (QED) is 0.644. The molecule has 1 heterocycles. The summed E-state index contributed by atoms with van der Waals surface area (Å²) < 4.78 is 54.8. The molecular formula is C21H28N2O4S2. The van der Waals surface area contributed by atoms with Crippen LogP contribution in [0.15, 0.2) is 64.4 Å². The first-order valence-corrected chi connectivity index (χ1v) is 12.9. The molecule has 8 heteroatoms. The summed E-state index contributed by atoms with van der Waals surface area (Å²) in [4.78, 5) is 0.201. The van der Waals surface area contributed by atoms with Gasteiger partial charge in [0.1, 0.15) is 0 Å². The van der Waals surface area contributed by atoms with Crippen LogP contribution >= 0.6 is 0 Å². The van der Waals surface area contributed by atoms with E-state index < -0.39 is 20.0 Å². The summed E-state index contributed by atoms with van der Waals surface area (Å²) in [5.41, 5.74) is 1.15. The zero-order chi connectivity index (χ0) is 20.9. The number of unbranched alkanes of at least 4 members (excludes halogenated alkanes) is 1. The Morgan fingerprint density at radius 2 is 1.62 bits per heavy atom. The van der Waals surface area contributed by atoms with Crippen molar-refractivity contribution in [3.05, 3.63) is 60.2 Å². The van der Waals surface area contributed by atoms with Gasteiger partial charge in [-0.25, -0.2) is 21.6 Å². The largest absolute Gasteiger partial charge is 0.243 e. The fraction of sp³-hybridized carbons (Fsp3) is 0.429. The first kappa shape index (κ1) is 22.0. The Kier molecular flexibility index (Phi) is 7.10. The highest BCUT2D eigenvalue weighted by Gasteiger charge is 2.31. The Balaban J connectivity index is 1.75. The van der Waals surface area contributed by atoms with Crippen molar-refractivity contribution < 1.29 is 16.8 Å². The lowest BCUT2D eigenvalue weighted by Crippen LogP contribution is -2.39. The SMILES string of the molecule is CCCCNS(=O)(=O)c1ccc(S(=O)(=O)N2CCCC(c3ccccc3)C2)cc1. The summed E-state index contributed by atoms with van der Waals surface area (Å²) in [5, 5.41) is 0. The lowest BCUT2D eigenvalue weighted by Gasteiger charge is -2.32. The average Bonchev–Trinajstić information content (AvgIpc) is 2.75. The van der Waals surface area contributed by atoms with Crippen molar-refractivity contribution in [1.82, 2.24) is 9.03 Å². The van der Waals surface area contributed by atoms with Gasteiger partial charge in [-0.3, -0.25) is 0 Å². The molecular weight excluding hydrogens is 408 g/mol. The van der Waals surface area contributed by atoms with Crippen LogP contribution in [0.25, 0.3) is 0 Å². The Morgan fingerprint density at radius 3 is 2.28 bits per heavy atom. The summed E-state index contributed by atoms with van der Waals surface area (Å²) in [6, 6.07) is 15.4. The smallest absolute Gasteiger partial charge is 0.211 e. The highest BCUT2D eigenvalue weighted by molar-refractivity contribution is 7.89. The Labute approximate surface area is 174 Å². The molecule has 3 rings (SSSR count). The molecule has 1 aliphatic heterocycles. The highest BCUT2D eigenvalue weighted by Crippen LogP contribution is 2.30. The van der Waals surface area contributed by atoms with Crippen LogP contribution in [0.3, 0.4) is 0 Å². The van der Waals surface area contributed by atoms with Crippen molar-refractivity contribution in [2.24, 2.45) is 0 Å². The fourth-order valence-electron chi connectivity index (χ4n) is 3.56. The van der Waals surface area contributed by atoms with Gasteiger partial charge in [0.25, 0.3) is 0 Å². The maximum Gasteiger partial charge on any atom is 0.243 e. The number of nitrogens with one attached hydrogen (secondary N) is 1. The normalized spacial score (nSPS) is 18.6. The van der Waals surface area contributed by atoms with Crippen LogP contribution < -0.4 is 4.72 Å². The van der Waals surface area contributed by atoms with E-state index in [-0.39, 0.29) is 15.7 Å². The van der Waals surface area contributed by atoms with Crippen LogP contribution in [-0.4, -0.2) is 40.8 Å². The third-order valence-electron chi connectivity index (χ3n) is 5.25. The molecule has 2 aromatic carbocycles. The first-order chi connectivity index (χ1) is 13.8. The van der Waals surface area contributed by atoms with Crippen LogP contribution in [0.2, 0.25) is 0 Å². The van der Waals surface area contributed by atoms with Gasteiger partial charge in [0.05, 0.1) is 9.79 Å². The molecule has 0 amide bonds. The maximum absolute atomic E-state index is 13.1. The van der Waals surface area contributed by atoms with Crippen molar-refractivity contribution >= 4 is 20.0 Å². The minimum absolute atomic E-state index is 0.0772. The molecule has 1 unspecified atom stereocenters. The lowest BCUT2D eigenvalue weighted by atomic mass is 9.92. The summed E-state index contributed by atoms with van der Waals surface area (Å²) in [5.74, 6) is 0.169. The predicted molar refractivity (Wildman–Crippen MR) is 114 cm³/mol. The summed E-state index contributed by atoms with van der Waals surface area (Å²) in [6.07, 6.45) is 3.39. The molecule has 0 aromatic heterocycles. The summed E-state index contributed by atoms with van der Waals surface area (Å²) >= 11 is 0. The molecule has 1 atom stereocenters. The van der Waals surface area contributed by atoms with Crippen molar-refractivity contribution in [3.63, 3.8) is 0 Å². The number of nitrogens with zero attached hydrogens (tertiary/aromatic N) is 1. The summed E-state index contributed by atoms with van der Waals surface area (Å²) in [7, 11) is -7.29. The molecule has 0 spiro atoms. The molecule has 1 saturated heterocycles. The predicted octanol–water partition coefficient (Wildman–Crippen LogP) is 3.33. The number of sulfonamides is 2. The van der Waals surface area contributed by atoms with E-state index in [9.17, 15) is 16.8 Å². The van der Waals surface area contributed by atoms with E-state index in [1.807, 2.05) is 37.3 Å². The van der Waals surface area contributed by atoms with Gasteiger partial charge in [0.15, 0.2) is 0 Å². The van der Waals surface area contributed by atoms with Crippen molar-refractivity contribution in [2.45, 2.75) is 48.3 Å². The zero-order valence-electron chi connectivity index (χ0n) is 16.6. The van der Waals surface area contributed by atoms with E-state index in [1.165, 1.54) is 28.6 Å². The van der Waals surface area contributed by atoms with Gasteiger partial charge in [0.2, 0.25) is 20.0 Å². The molecule has 0 saturated carbocycles. The minimum atomic E-state index is -3.67. The fourth-order valence-corrected chi connectivity index (χ4v) is 6.16. The Morgan fingerprint density at radius 1 is 0.966 bits per heavy atom. The van der Waals surface area contributed by atoms with E-state index >= 15 is 0 Å². The van der Waals surface area contributed by atoms with E-state index in [4.69, 9.17) is 0 Å². The molecule has 0 bridgehead atoms. The second kappa shape index (κ2) is 9.38. The molecule has 1 aliphatic rings. The van der Waals surface area contributed by atoms with Crippen molar-refractivity contribution in [2.75, 3.05) is 19.6 Å². The zero-order valence-corrected chi connectivity index (χ0v) is 18.3. The number of hydrogen-bond acceptors (Lipinski definition) is 4. The molecule has 0 aliphatic carbocycles. The van der Waals surface area contributed by atoms with Gasteiger partial charge in [-0.1, -0.05) is 43.7 Å². The standard InChI is InChI=1S/C21H28N2O4S2/c1-2-3-15-22-28(24,25)20-11-13-21(14-12-20)29(26,27)23-16-7-10-19(17-23)18-8-5-4-6-9-18/h4-6,8-9,11-14,19,22H,2-3,7,10,15-17H2,1H3. The molecule has 1 fully saturated rings. The third-order valence-corrected chi connectivity index (χ3v) is 8.61. The second-order valence-electron chi connectivity index (χ2n) is 7.34. The molecule has 2 aromatic rings. The highest BCUT2D eigenvalue weighted by atomic mass is 32.2. The molecule has 158 valence electrons. The van der Waals surface area contributed by atoms with Crippen molar-refractivity contribution in [1.29, 1.82) is 0 Å². The summed E-state index contributed by atoms with van der Waals surface area (Å²) in [6.45, 7) is 3.26. The topological polar surface area (TPSA) is 83.5 Å². The Bertz CT molecular complexity index is 1000. The van der Waals surface area contributed by atoms with Gasteiger partial charge in [-0.05, 0) is 55.0 Å². The van der Waals surface area contributed by atoms with Crippen LogP contribution in [0.4, 0.5) is 0 Å². The van der Waals surface area contributed by atoms with Gasteiger partial charge in [-0.15, -0.1) is 0 Å². The van der Waals surface area contributed by atoms with Gasteiger partial charge in [0, 0.05) is 19.6 Å². The van der Waals surface area contributed by atoms with Crippen LogP contribution in [-0.2, 0) is 20.0 Å². The van der Waals surface area contributed by atoms with Gasteiger partial charge >= 0.3 is 0 Å². The lowest BCUT2D eigenvalue weighted by molar-refractivity contribution is 0.315. The third kappa shape index (κ3) is 5.25. The number of piperidine rings is 1. The number of rotatable bonds is 8. The number of hydrogen-bond donors (Lipinski definition) is 1. The first-order valence-electron chi connectivity index (χ1n) is 9.99. The minimum Gasteiger partial charge on any atom is -0.211 e.